The normalized spacial score (nSPS) is 11.7. The number of phenols is 1. The molecule has 2 rings (SSSR count). The fourth-order valence-corrected chi connectivity index (χ4v) is 3.37. The first-order chi connectivity index (χ1) is 14.4. The third-order valence-electron chi connectivity index (χ3n) is 4.92. The summed E-state index contributed by atoms with van der Waals surface area (Å²) in [5, 5.41) is 15.1. The number of benzene rings is 2. The molecule has 5 N–H and O–H groups in total. The zero-order valence-corrected chi connectivity index (χ0v) is 18.3. The lowest BCUT2D eigenvalue weighted by Gasteiger charge is -2.17. The van der Waals surface area contributed by atoms with Gasteiger partial charge in [-0.1, -0.05) is 38.3 Å². The number of hydrogen-bond donors (Lipinski definition) is 4. The van der Waals surface area contributed by atoms with Crippen LogP contribution in [0.2, 0.25) is 0 Å². The van der Waals surface area contributed by atoms with Crippen molar-refractivity contribution >= 4 is 6.03 Å². The molecule has 2 aromatic rings. The van der Waals surface area contributed by atoms with Gasteiger partial charge in [-0.05, 0) is 67.6 Å². The Balaban J connectivity index is 1.83. The van der Waals surface area contributed by atoms with Gasteiger partial charge in [0.05, 0.1) is 0 Å². The number of carbonyl (C=O) groups is 1. The lowest BCUT2D eigenvalue weighted by atomic mass is 10.0. The van der Waals surface area contributed by atoms with E-state index in [1.54, 1.807) is 24.3 Å². The molecule has 0 aromatic heterocycles. The molecule has 0 fully saturated rings. The van der Waals surface area contributed by atoms with Crippen molar-refractivity contribution in [3.8, 4) is 17.2 Å². The second-order valence-corrected chi connectivity index (χ2v) is 7.82. The zero-order valence-electron chi connectivity index (χ0n) is 18.3. The third-order valence-corrected chi connectivity index (χ3v) is 4.92. The number of aryl methyl sites for hydroxylation is 2. The summed E-state index contributed by atoms with van der Waals surface area (Å²) in [6.07, 6.45) is 5.19. The molecule has 0 radical (unpaired) electrons. The Morgan fingerprint density at radius 3 is 2.37 bits per heavy atom. The number of nitrogens with one attached hydrogen (secondary N) is 2. The highest BCUT2D eigenvalue weighted by molar-refractivity contribution is 5.73. The van der Waals surface area contributed by atoms with Gasteiger partial charge in [-0.15, -0.1) is 0 Å². The first-order valence-electron chi connectivity index (χ1n) is 10.7. The number of unbranched alkanes of at least 4 members (excludes halogenated alkanes) is 3. The van der Waals surface area contributed by atoms with Gasteiger partial charge in [0.25, 0.3) is 0 Å². The van der Waals surface area contributed by atoms with Gasteiger partial charge in [-0.3, -0.25) is 0 Å². The van der Waals surface area contributed by atoms with Crippen LogP contribution in [0.15, 0.2) is 36.4 Å². The number of ether oxygens (including phenoxy) is 1. The maximum Gasteiger partial charge on any atom is 0.314 e. The fraction of sp³-hybridized carbons (Fsp3) is 0.458. The van der Waals surface area contributed by atoms with E-state index >= 15 is 0 Å². The van der Waals surface area contributed by atoms with E-state index in [1.165, 1.54) is 12.8 Å². The van der Waals surface area contributed by atoms with Crippen molar-refractivity contribution in [3.63, 3.8) is 0 Å². The fourth-order valence-electron chi connectivity index (χ4n) is 3.37. The number of aromatic hydroxyl groups is 1. The smallest absolute Gasteiger partial charge is 0.314 e. The highest BCUT2D eigenvalue weighted by Crippen LogP contribution is 2.30. The minimum atomic E-state index is -0.168. The molecule has 1 atom stereocenters. The minimum absolute atomic E-state index is 0.160. The van der Waals surface area contributed by atoms with Gasteiger partial charge in [0.2, 0.25) is 0 Å². The summed E-state index contributed by atoms with van der Waals surface area (Å²) in [5.74, 6) is 1.69. The maximum atomic E-state index is 11.9. The van der Waals surface area contributed by atoms with Crippen molar-refractivity contribution in [2.45, 2.75) is 58.9 Å². The molecule has 6 nitrogen and oxygen atoms in total. The van der Waals surface area contributed by atoms with Gasteiger partial charge in [-0.2, -0.15) is 0 Å². The SMILES string of the molecule is CCCCCCNC(=O)NCC(N)Cc1cc(C)c(Oc2ccc(O)cc2)c(C)c1. The molecule has 0 aliphatic carbocycles. The molecule has 0 saturated heterocycles. The Bertz CT molecular complexity index is 783. The van der Waals surface area contributed by atoms with Crippen LogP contribution >= 0.6 is 0 Å². The molecule has 0 bridgehead atoms. The van der Waals surface area contributed by atoms with Crippen LogP contribution in [0.25, 0.3) is 0 Å². The van der Waals surface area contributed by atoms with Crippen LogP contribution in [0.5, 0.6) is 17.2 Å². The van der Waals surface area contributed by atoms with Gasteiger partial charge in [-0.25, -0.2) is 4.79 Å². The van der Waals surface area contributed by atoms with Crippen molar-refractivity contribution in [2.24, 2.45) is 5.73 Å². The second-order valence-electron chi connectivity index (χ2n) is 7.82. The quantitative estimate of drug-likeness (QED) is 0.406. The van der Waals surface area contributed by atoms with Crippen LogP contribution < -0.4 is 21.1 Å². The molecular weight excluding hydrogens is 378 g/mol. The van der Waals surface area contributed by atoms with Crippen molar-refractivity contribution in [3.05, 3.63) is 53.1 Å². The highest BCUT2D eigenvalue weighted by atomic mass is 16.5. The van der Waals surface area contributed by atoms with Crippen LogP contribution in [-0.4, -0.2) is 30.3 Å². The Morgan fingerprint density at radius 1 is 1.07 bits per heavy atom. The van der Waals surface area contributed by atoms with E-state index in [0.29, 0.717) is 25.3 Å². The summed E-state index contributed by atoms with van der Waals surface area (Å²) < 4.78 is 5.99. The third kappa shape index (κ3) is 7.95. The van der Waals surface area contributed by atoms with Crippen molar-refractivity contribution in [2.75, 3.05) is 13.1 Å². The summed E-state index contributed by atoms with van der Waals surface area (Å²) in [6, 6.07) is 10.5. The standard InChI is InChI=1S/C24H35N3O3/c1-4-5-6-7-12-26-24(29)27-16-20(25)15-19-13-17(2)23(18(3)14-19)30-22-10-8-21(28)9-11-22/h8-11,13-14,20,28H,4-7,12,15-16,25H2,1-3H3,(H2,26,27,29). The topological polar surface area (TPSA) is 96.6 Å². The highest BCUT2D eigenvalue weighted by Gasteiger charge is 2.11. The van der Waals surface area contributed by atoms with Gasteiger partial charge < -0.3 is 26.2 Å². The number of rotatable bonds is 11. The monoisotopic (exact) mass is 413 g/mol. The van der Waals surface area contributed by atoms with Gasteiger partial charge >= 0.3 is 6.03 Å². The maximum absolute atomic E-state index is 11.9. The Morgan fingerprint density at radius 2 is 1.73 bits per heavy atom. The minimum Gasteiger partial charge on any atom is -0.508 e. The summed E-state index contributed by atoms with van der Waals surface area (Å²) in [6.45, 7) is 7.29. The van der Waals surface area contributed by atoms with E-state index in [0.717, 1.165) is 35.3 Å². The van der Waals surface area contributed by atoms with Crippen molar-refractivity contribution in [1.82, 2.24) is 10.6 Å². The first-order valence-corrected chi connectivity index (χ1v) is 10.7. The molecular formula is C24H35N3O3. The number of urea groups is 1. The average Bonchev–Trinajstić information content (AvgIpc) is 2.70. The Hall–Kier alpha value is -2.73. The Kier molecular flexibility index (Phi) is 9.48. The summed E-state index contributed by atoms with van der Waals surface area (Å²) in [7, 11) is 0. The molecule has 0 spiro atoms. The van der Waals surface area contributed by atoms with Crippen molar-refractivity contribution in [1.29, 1.82) is 0 Å². The Labute approximate surface area is 179 Å². The summed E-state index contributed by atoms with van der Waals surface area (Å²) >= 11 is 0. The largest absolute Gasteiger partial charge is 0.508 e. The number of phenolic OH excluding ortho intramolecular Hbond substituents is 1. The van der Waals surface area contributed by atoms with E-state index in [-0.39, 0.29) is 17.8 Å². The van der Waals surface area contributed by atoms with Gasteiger partial charge in [0.1, 0.15) is 17.2 Å². The van der Waals surface area contributed by atoms with Gasteiger partial charge in [0, 0.05) is 19.1 Å². The molecule has 0 saturated carbocycles. The zero-order chi connectivity index (χ0) is 21.9. The molecule has 2 aromatic carbocycles. The van der Waals surface area contributed by atoms with Crippen molar-refractivity contribution < 1.29 is 14.6 Å². The van der Waals surface area contributed by atoms with E-state index in [4.69, 9.17) is 10.5 Å². The average molecular weight is 414 g/mol. The second kappa shape index (κ2) is 12.1. The molecule has 0 aliphatic heterocycles. The number of carbonyl (C=O) groups excluding carboxylic acids is 1. The predicted octanol–water partition coefficient (Wildman–Crippen LogP) is 4.55. The van der Waals surface area contributed by atoms with Crippen LogP contribution in [-0.2, 0) is 6.42 Å². The number of nitrogens with two attached hydrogens (primary N) is 1. The first kappa shape index (κ1) is 23.5. The van der Waals surface area contributed by atoms with E-state index < -0.39 is 0 Å². The lowest BCUT2D eigenvalue weighted by molar-refractivity contribution is 0.240. The van der Waals surface area contributed by atoms with E-state index in [9.17, 15) is 9.90 Å². The van der Waals surface area contributed by atoms with Gasteiger partial charge in [0.15, 0.2) is 0 Å². The molecule has 164 valence electrons. The number of amides is 2. The summed E-state index contributed by atoms with van der Waals surface area (Å²) in [5.41, 5.74) is 9.37. The van der Waals surface area contributed by atoms with Crippen LogP contribution in [0.4, 0.5) is 4.79 Å². The van der Waals surface area contributed by atoms with Crippen LogP contribution in [0.3, 0.4) is 0 Å². The molecule has 0 heterocycles. The molecule has 0 aliphatic rings. The summed E-state index contributed by atoms with van der Waals surface area (Å²) in [4.78, 5) is 11.9. The predicted molar refractivity (Wildman–Crippen MR) is 121 cm³/mol. The van der Waals surface area contributed by atoms with E-state index in [2.05, 4.69) is 29.7 Å². The molecule has 30 heavy (non-hydrogen) atoms. The van der Waals surface area contributed by atoms with Crippen LogP contribution in [0.1, 0.15) is 49.3 Å². The van der Waals surface area contributed by atoms with Crippen LogP contribution in [0, 0.1) is 13.8 Å². The molecule has 2 amide bonds. The molecule has 1 unspecified atom stereocenters. The number of hydrogen-bond acceptors (Lipinski definition) is 4. The lowest BCUT2D eigenvalue weighted by Crippen LogP contribution is -2.43. The molecule has 6 heteroatoms. The van der Waals surface area contributed by atoms with E-state index in [1.807, 2.05) is 13.8 Å².